The molecule has 0 unspecified atom stereocenters. The predicted octanol–water partition coefficient (Wildman–Crippen LogP) is 4.75. The third kappa shape index (κ3) is 3.00. The Hall–Kier alpha value is -2.15. The van der Waals surface area contributed by atoms with E-state index in [9.17, 15) is 4.39 Å². The molecule has 0 spiro atoms. The fourth-order valence-corrected chi connectivity index (χ4v) is 2.17. The minimum Gasteiger partial charge on any atom is -0.207 e. The van der Waals surface area contributed by atoms with Gasteiger partial charge >= 0.3 is 0 Å². The zero-order chi connectivity index (χ0) is 13.7. The Morgan fingerprint density at radius 2 is 1.68 bits per heavy atom. The topological polar surface area (TPSA) is 0 Å². The quantitative estimate of drug-likeness (QED) is 0.673. The van der Waals surface area contributed by atoms with Gasteiger partial charge in [-0.2, -0.15) is 0 Å². The molecule has 2 rings (SSSR count). The average Bonchev–Trinajstić information content (AvgIpc) is 2.42. The minimum absolute atomic E-state index is 0.226. The van der Waals surface area contributed by atoms with E-state index >= 15 is 0 Å². The molecule has 19 heavy (non-hydrogen) atoms. The lowest BCUT2D eigenvalue weighted by Gasteiger charge is -2.12. The molecule has 0 heterocycles. The van der Waals surface area contributed by atoms with Gasteiger partial charge in [0.2, 0.25) is 0 Å². The normalized spacial score (nSPS) is 10.2. The second-order valence-corrected chi connectivity index (χ2v) is 4.35. The summed E-state index contributed by atoms with van der Waals surface area (Å²) < 4.78 is 13.0. The second kappa shape index (κ2) is 6.14. The first-order valence-corrected chi connectivity index (χ1v) is 6.26. The fourth-order valence-electron chi connectivity index (χ4n) is 2.17. The lowest BCUT2D eigenvalue weighted by Crippen LogP contribution is -1.96. The minimum atomic E-state index is -0.226. The van der Waals surface area contributed by atoms with Gasteiger partial charge in [0.1, 0.15) is 5.82 Å². The molecule has 0 atom stereocenters. The van der Waals surface area contributed by atoms with E-state index in [-0.39, 0.29) is 5.82 Å². The summed E-state index contributed by atoms with van der Waals surface area (Å²) >= 11 is 0. The molecule has 0 N–H and O–H groups in total. The smallest absolute Gasteiger partial charge is 0.123 e. The SMILES string of the molecule is C=CCc1cc[c]c(-c2ccc(F)cc2)c1CC=C. The first-order chi connectivity index (χ1) is 9.26. The maximum atomic E-state index is 13.0. The van der Waals surface area contributed by atoms with E-state index in [0.717, 1.165) is 24.0 Å². The summed E-state index contributed by atoms with van der Waals surface area (Å²) in [7, 11) is 0. The Morgan fingerprint density at radius 3 is 2.32 bits per heavy atom. The number of rotatable bonds is 5. The molecule has 0 aromatic heterocycles. The van der Waals surface area contributed by atoms with E-state index in [2.05, 4.69) is 19.2 Å². The fraction of sp³-hybridized carbons (Fsp3) is 0.111. The van der Waals surface area contributed by atoms with Gasteiger partial charge in [-0.25, -0.2) is 4.39 Å². The van der Waals surface area contributed by atoms with Crippen molar-refractivity contribution < 1.29 is 4.39 Å². The summed E-state index contributed by atoms with van der Waals surface area (Å²) in [5, 5.41) is 0. The number of hydrogen-bond acceptors (Lipinski definition) is 0. The zero-order valence-electron chi connectivity index (χ0n) is 10.8. The van der Waals surface area contributed by atoms with Crippen LogP contribution >= 0.6 is 0 Å². The second-order valence-electron chi connectivity index (χ2n) is 4.35. The van der Waals surface area contributed by atoms with Crippen molar-refractivity contribution in [2.75, 3.05) is 0 Å². The maximum Gasteiger partial charge on any atom is 0.123 e. The summed E-state index contributed by atoms with van der Waals surface area (Å²) in [4.78, 5) is 0. The monoisotopic (exact) mass is 251 g/mol. The molecule has 0 nitrogen and oxygen atoms in total. The van der Waals surface area contributed by atoms with Crippen LogP contribution in [0.15, 0.2) is 61.7 Å². The van der Waals surface area contributed by atoms with Crippen molar-refractivity contribution in [2.45, 2.75) is 12.8 Å². The predicted molar refractivity (Wildman–Crippen MR) is 78.5 cm³/mol. The molecule has 0 saturated carbocycles. The molecule has 2 aromatic carbocycles. The number of allylic oxidation sites excluding steroid dienone is 2. The van der Waals surface area contributed by atoms with Gasteiger partial charge in [-0.3, -0.25) is 0 Å². The highest BCUT2D eigenvalue weighted by Crippen LogP contribution is 2.27. The molecule has 0 amide bonds. The van der Waals surface area contributed by atoms with E-state index in [1.807, 2.05) is 24.3 Å². The molecule has 95 valence electrons. The molecule has 0 aliphatic carbocycles. The highest BCUT2D eigenvalue weighted by atomic mass is 19.1. The van der Waals surface area contributed by atoms with Crippen molar-refractivity contribution >= 4 is 0 Å². The Bertz CT molecular complexity index is 579. The van der Waals surface area contributed by atoms with Crippen molar-refractivity contribution in [1.82, 2.24) is 0 Å². The van der Waals surface area contributed by atoms with Crippen molar-refractivity contribution in [3.63, 3.8) is 0 Å². The highest BCUT2D eigenvalue weighted by Gasteiger charge is 2.08. The van der Waals surface area contributed by atoms with Crippen molar-refractivity contribution in [2.24, 2.45) is 0 Å². The molecule has 1 heteroatoms. The van der Waals surface area contributed by atoms with Gasteiger partial charge in [0, 0.05) is 0 Å². The Balaban J connectivity index is 2.54. The summed E-state index contributed by atoms with van der Waals surface area (Å²) in [6.45, 7) is 7.59. The standard InChI is InChI=1S/C18H16F/c1-3-6-14-8-5-9-18(17(14)7-4-2)15-10-12-16(19)13-11-15/h3-5,8,10-13H,1-2,6-7H2. The van der Waals surface area contributed by atoms with Crippen molar-refractivity contribution in [3.05, 3.63) is 84.7 Å². The van der Waals surface area contributed by atoms with Gasteiger partial charge in [0.05, 0.1) is 0 Å². The van der Waals surface area contributed by atoms with Gasteiger partial charge in [0.15, 0.2) is 0 Å². The molecule has 0 aliphatic rings. The first-order valence-electron chi connectivity index (χ1n) is 6.26. The van der Waals surface area contributed by atoms with E-state index in [4.69, 9.17) is 0 Å². The van der Waals surface area contributed by atoms with E-state index in [0.29, 0.717) is 0 Å². The molecule has 0 bridgehead atoms. The molecule has 1 radical (unpaired) electrons. The van der Waals surface area contributed by atoms with Gasteiger partial charge in [0.25, 0.3) is 0 Å². The highest BCUT2D eigenvalue weighted by molar-refractivity contribution is 5.68. The molecule has 0 fully saturated rings. The van der Waals surface area contributed by atoms with Crippen LogP contribution in [-0.2, 0) is 12.8 Å². The Kier molecular flexibility index (Phi) is 4.30. The van der Waals surface area contributed by atoms with Gasteiger partial charge < -0.3 is 0 Å². The van der Waals surface area contributed by atoms with Crippen LogP contribution < -0.4 is 0 Å². The summed E-state index contributed by atoms with van der Waals surface area (Å²) in [6.07, 6.45) is 5.35. The lowest BCUT2D eigenvalue weighted by molar-refractivity contribution is 0.628. The van der Waals surface area contributed by atoms with Crippen molar-refractivity contribution in [1.29, 1.82) is 0 Å². The largest absolute Gasteiger partial charge is 0.207 e. The summed E-state index contributed by atoms with van der Waals surface area (Å²) in [5.41, 5.74) is 4.39. The van der Waals surface area contributed by atoms with Gasteiger partial charge in [-0.1, -0.05) is 36.4 Å². The number of hydrogen-bond donors (Lipinski definition) is 0. The molecular formula is C18H16F. The van der Waals surface area contributed by atoms with E-state index in [1.165, 1.54) is 23.3 Å². The Morgan fingerprint density at radius 1 is 1.00 bits per heavy atom. The van der Waals surface area contributed by atoms with Crippen LogP contribution in [0, 0.1) is 11.9 Å². The van der Waals surface area contributed by atoms with Crippen molar-refractivity contribution in [3.8, 4) is 11.1 Å². The van der Waals surface area contributed by atoms with Crippen LogP contribution in [0.25, 0.3) is 11.1 Å². The van der Waals surface area contributed by atoms with Crippen LogP contribution in [0.4, 0.5) is 4.39 Å². The van der Waals surface area contributed by atoms with Crippen LogP contribution in [0.5, 0.6) is 0 Å². The van der Waals surface area contributed by atoms with Crippen LogP contribution in [0.1, 0.15) is 11.1 Å². The maximum absolute atomic E-state index is 13.0. The first kappa shape index (κ1) is 13.3. The van der Waals surface area contributed by atoms with Crippen LogP contribution in [0.3, 0.4) is 0 Å². The number of benzene rings is 2. The summed E-state index contributed by atoms with van der Waals surface area (Å²) in [5.74, 6) is -0.226. The summed E-state index contributed by atoms with van der Waals surface area (Å²) in [6, 6.07) is 13.7. The third-order valence-electron chi connectivity index (χ3n) is 3.05. The molecule has 2 aromatic rings. The zero-order valence-corrected chi connectivity index (χ0v) is 10.8. The van der Waals surface area contributed by atoms with Crippen LogP contribution in [0.2, 0.25) is 0 Å². The molecule has 0 saturated heterocycles. The van der Waals surface area contributed by atoms with E-state index in [1.54, 1.807) is 12.1 Å². The lowest BCUT2D eigenvalue weighted by atomic mass is 9.92. The van der Waals surface area contributed by atoms with Gasteiger partial charge in [-0.15, -0.1) is 13.2 Å². The Labute approximate surface area is 113 Å². The average molecular weight is 251 g/mol. The van der Waals surface area contributed by atoms with E-state index < -0.39 is 0 Å². The van der Waals surface area contributed by atoms with Crippen LogP contribution in [-0.4, -0.2) is 0 Å². The van der Waals surface area contributed by atoms with Gasteiger partial charge in [-0.05, 0) is 53.3 Å². The molecular weight excluding hydrogens is 235 g/mol. The third-order valence-corrected chi connectivity index (χ3v) is 3.05. The number of halogens is 1. The molecule has 0 aliphatic heterocycles.